The Morgan fingerprint density at radius 2 is 1.89 bits per heavy atom. The molecule has 1 aromatic heterocycles. The van der Waals surface area contributed by atoms with Gasteiger partial charge in [-0.15, -0.1) is 0 Å². The van der Waals surface area contributed by atoms with Gasteiger partial charge in [0.15, 0.2) is 0 Å². The maximum atomic E-state index is 13.0. The van der Waals surface area contributed by atoms with E-state index in [4.69, 9.17) is 5.73 Å². The number of nitrogens with two attached hydrogens (primary N) is 1. The summed E-state index contributed by atoms with van der Waals surface area (Å²) in [7, 11) is 0. The van der Waals surface area contributed by atoms with Gasteiger partial charge in [-0.1, -0.05) is 6.07 Å². The van der Waals surface area contributed by atoms with E-state index in [1.807, 2.05) is 24.0 Å². The third-order valence-electron chi connectivity index (χ3n) is 5.87. The molecule has 148 valence electrons. The molecular weight excluding hydrogens is 344 g/mol. The second kappa shape index (κ2) is 7.94. The van der Waals surface area contributed by atoms with Gasteiger partial charge < -0.3 is 20.6 Å². The molecule has 3 rings (SSSR count). The van der Waals surface area contributed by atoms with Crippen LogP contribution in [0.2, 0.25) is 0 Å². The number of aliphatic hydroxyl groups is 1. The van der Waals surface area contributed by atoms with Gasteiger partial charge in [-0.25, -0.2) is 0 Å². The number of rotatable bonds is 2. The summed E-state index contributed by atoms with van der Waals surface area (Å²) in [5.74, 6) is -0.191. The topological polar surface area (TPSA) is 99.8 Å². The predicted molar refractivity (Wildman–Crippen MR) is 102 cm³/mol. The Bertz CT molecular complexity index is 683. The summed E-state index contributed by atoms with van der Waals surface area (Å²) in [6.45, 7) is 5.42. The normalized spacial score (nSPS) is 25.8. The van der Waals surface area contributed by atoms with E-state index in [0.29, 0.717) is 51.1 Å². The minimum Gasteiger partial charge on any atom is -0.383 e. The number of piperidine rings is 1. The molecule has 2 amide bonds. The highest BCUT2D eigenvalue weighted by Gasteiger charge is 2.39. The zero-order valence-electron chi connectivity index (χ0n) is 16.2. The van der Waals surface area contributed by atoms with Crippen molar-refractivity contribution < 1.29 is 14.7 Å². The number of aromatic nitrogens is 1. The molecule has 0 radical (unpaired) electrons. The molecular formula is C20H30N4O3. The van der Waals surface area contributed by atoms with Crippen molar-refractivity contribution in [1.82, 2.24) is 14.8 Å². The predicted octanol–water partition coefficient (Wildman–Crippen LogP) is 0.786. The number of hydrogen-bond acceptors (Lipinski definition) is 5. The van der Waals surface area contributed by atoms with E-state index in [9.17, 15) is 14.7 Å². The first-order valence-electron chi connectivity index (χ1n) is 9.74. The molecule has 7 heteroatoms. The van der Waals surface area contributed by atoms with E-state index in [2.05, 4.69) is 4.98 Å². The van der Waals surface area contributed by atoms with Crippen molar-refractivity contribution >= 4 is 11.8 Å². The first-order valence-corrected chi connectivity index (χ1v) is 9.74. The highest BCUT2D eigenvalue weighted by molar-refractivity contribution is 5.80. The Labute approximate surface area is 160 Å². The van der Waals surface area contributed by atoms with Gasteiger partial charge in [-0.3, -0.25) is 14.6 Å². The third-order valence-corrected chi connectivity index (χ3v) is 5.87. The third kappa shape index (κ3) is 4.47. The lowest BCUT2D eigenvalue weighted by Gasteiger charge is -2.39. The average Bonchev–Trinajstić information content (AvgIpc) is 2.84. The van der Waals surface area contributed by atoms with Gasteiger partial charge >= 0.3 is 0 Å². The van der Waals surface area contributed by atoms with E-state index in [0.717, 1.165) is 12.0 Å². The first kappa shape index (κ1) is 19.8. The number of likely N-dealkylation sites (tertiary alicyclic amines) is 2. The summed E-state index contributed by atoms with van der Waals surface area (Å²) in [5.41, 5.74) is 6.79. The SMILES string of the molecule is CC(=O)N1C[C@@H](N)CC[C@@H](C(=O)N2CCC(O)(c3ccc(C)cn3)CC2)C1. The van der Waals surface area contributed by atoms with Crippen LogP contribution in [0.1, 0.15) is 43.9 Å². The molecule has 0 unspecified atom stereocenters. The van der Waals surface area contributed by atoms with E-state index in [-0.39, 0.29) is 23.8 Å². The fraction of sp³-hybridized carbons (Fsp3) is 0.650. The fourth-order valence-electron chi connectivity index (χ4n) is 4.03. The number of amides is 2. The minimum atomic E-state index is -0.984. The molecule has 0 bridgehead atoms. The number of hydrogen-bond donors (Lipinski definition) is 2. The minimum absolute atomic E-state index is 0.0383. The van der Waals surface area contributed by atoms with Crippen molar-refractivity contribution in [3.05, 3.63) is 29.6 Å². The van der Waals surface area contributed by atoms with Gasteiger partial charge in [0.25, 0.3) is 0 Å². The quantitative estimate of drug-likeness (QED) is 0.797. The van der Waals surface area contributed by atoms with Crippen LogP contribution >= 0.6 is 0 Å². The lowest BCUT2D eigenvalue weighted by molar-refractivity contribution is -0.141. The summed E-state index contributed by atoms with van der Waals surface area (Å²) in [6, 6.07) is 3.73. The van der Waals surface area contributed by atoms with Crippen molar-refractivity contribution in [1.29, 1.82) is 0 Å². The van der Waals surface area contributed by atoms with Crippen LogP contribution in [0.15, 0.2) is 18.3 Å². The van der Waals surface area contributed by atoms with Gasteiger partial charge in [-0.05, 0) is 44.2 Å². The Balaban J connectivity index is 1.63. The molecule has 0 spiro atoms. The van der Waals surface area contributed by atoms with Crippen LogP contribution in [-0.2, 0) is 15.2 Å². The van der Waals surface area contributed by atoms with Crippen LogP contribution in [-0.4, -0.2) is 63.9 Å². The number of carbonyl (C=O) groups is 2. The smallest absolute Gasteiger partial charge is 0.227 e. The Hall–Kier alpha value is -1.99. The lowest BCUT2D eigenvalue weighted by atomic mass is 9.87. The zero-order valence-corrected chi connectivity index (χ0v) is 16.2. The summed E-state index contributed by atoms with van der Waals surface area (Å²) in [6.07, 6.45) is 4.14. The zero-order chi connectivity index (χ0) is 19.6. The molecule has 3 heterocycles. The number of pyridine rings is 1. The standard InChI is InChI=1S/C20H30N4O3/c1-14-3-6-18(22-11-14)20(27)7-9-23(10-8-20)19(26)16-4-5-17(21)13-24(12-16)15(2)25/h3,6,11,16-17,27H,4-5,7-10,12-13,21H2,1-2H3/t16-,17+/m1/s1. The van der Waals surface area contributed by atoms with E-state index < -0.39 is 5.60 Å². The molecule has 2 aliphatic heterocycles. The van der Waals surface area contributed by atoms with Gasteiger partial charge in [0.2, 0.25) is 11.8 Å². The molecule has 0 saturated carbocycles. The summed E-state index contributed by atoms with van der Waals surface area (Å²) < 4.78 is 0. The second-order valence-electron chi connectivity index (χ2n) is 8.04. The maximum Gasteiger partial charge on any atom is 0.227 e. The van der Waals surface area contributed by atoms with Gasteiger partial charge in [-0.2, -0.15) is 0 Å². The van der Waals surface area contributed by atoms with Crippen molar-refractivity contribution in [3.63, 3.8) is 0 Å². The highest BCUT2D eigenvalue weighted by Crippen LogP contribution is 2.32. The van der Waals surface area contributed by atoms with Crippen molar-refractivity contribution in [2.24, 2.45) is 11.7 Å². The van der Waals surface area contributed by atoms with Gasteiger partial charge in [0.05, 0.1) is 11.6 Å². The second-order valence-corrected chi connectivity index (χ2v) is 8.04. The van der Waals surface area contributed by atoms with Crippen LogP contribution in [0.5, 0.6) is 0 Å². The molecule has 7 nitrogen and oxygen atoms in total. The molecule has 0 aromatic carbocycles. The van der Waals surface area contributed by atoms with Gasteiger partial charge in [0.1, 0.15) is 5.60 Å². The van der Waals surface area contributed by atoms with Crippen molar-refractivity contribution in [2.75, 3.05) is 26.2 Å². The lowest BCUT2D eigenvalue weighted by Crippen LogP contribution is -2.49. The molecule has 2 saturated heterocycles. The fourth-order valence-corrected chi connectivity index (χ4v) is 4.03. The van der Waals surface area contributed by atoms with E-state index >= 15 is 0 Å². The summed E-state index contributed by atoms with van der Waals surface area (Å²) in [5, 5.41) is 11.0. The maximum absolute atomic E-state index is 13.0. The van der Waals surface area contributed by atoms with E-state index in [1.165, 1.54) is 6.92 Å². The number of nitrogens with zero attached hydrogens (tertiary/aromatic N) is 3. The van der Waals surface area contributed by atoms with Crippen molar-refractivity contribution in [3.8, 4) is 0 Å². The molecule has 0 aliphatic carbocycles. The molecule has 2 fully saturated rings. The highest BCUT2D eigenvalue weighted by atomic mass is 16.3. The Morgan fingerprint density at radius 1 is 1.19 bits per heavy atom. The Kier molecular flexibility index (Phi) is 5.81. The molecule has 3 N–H and O–H groups in total. The Morgan fingerprint density at radius 3 is 2.48 bits per heavy atom. The first-order chi connectivity index (χ1) is 12.8. The van der Waals surface area contributed by atoms with E-state index in [1.54, 1.807) is 11.1 Å². The largest absolute Gasteiger partial charge is 0.383 e. The van der Waals surface area contributed by atoms with Crippen LogP contribution in [0, 0.1) is 12.8 Å². The van der Waals surface area contributed by atoms with Gasteiger partial charge in [0, 0.05) is 45.3 Å². The van der Waals surface area contributed by atoms with Crippen LogP contribution in [0.3, 0.4) is 0 Å². The van der Waals surface area contributed by atoms with Crippen molar-refractivity contribution in [2.45, 2.75) is 51.2 Å². The molecule has 2 aliphatic rings. The summed E-state index contributed by atoms with van der Waals surface area (Å²) in [4.78, 5) is 32.7. The molecule has 27 heavy (non-hydrogen) atoms. The van der Waals surface area contributed by atoms with Crippen LogP contribution < -0.4 is 5.73 Å². The van der Waals surface area contributed by atoms with Crippen LogP contribution in [0.25, 0.3) is 0 Å². The number of aryl methyl sites for hydroxylation is 1. The summed E-state index contributed by atoms with van der Waals surface area (Å²) >= 11 is 0. The average molecular weight is 374 g/mol. The van der Waals surface area contributed by atoms with Crippen LogP contribution in [0.4, 0.5) is 0 Å². The monoisotopic (exact) mass is 374 g/mol. The number of carbonyl (C=O) groups excluding carboxylic acids is 2. The molecule has 1 aromatic rings. The molecule has 2 atom stereocenters.